The maximum Gasteiger partial charge on any atom is 0.460 e. The molecule has 4 nitrogen and oxygen atoms in total. The van der Waals surface area contributed by atoms with E-state index < -0.39 is 24.0 Å². The summed E-state index contributed by atoms with van der Waals surface area (Å²) >= 11 is 0. The Morgan fingerprint density at radius 3 is 1.24 bits per heavy atom. The highest BCUT2D eigenvalue weighted by Gasteiger charge is 2.76. The molecule has 0 aromatic rings. The van der Waals surface area contributed by atoms with Gasteiger partial charge in [-0.1, -0.05) is 0 Å². The number of aliphatic hydroxyl groups is 2. The van der Waals surface area contributed by atoms with Gasteiger partial charge in [0.1, 0.15) is 0 Å². The fraction of sp³-hybridized carbons (Fsp3) is 0.833. The molecule has 0 aliphatic rings. The van der Waals surface area contributed by atoms with E-state index in [0.29, 0.717) is 0 Å². The van der Waals surface area contributed by atoms with Crippen LogP contribution in [0.25, 0.3) is 0 Å². The first-order valence-corrected chi connectivity index (χ1v) is 3.63. The number of hydrogen-bond donors (Lipinski definition) is 3. The first kappa shape index (κ1) is 18.3. The molecule has 0 aromatic carbocycles. The van der Waals surface area contributed by atoms with Gasteiger partial charge in [0.05, 0.1) is 13.2 Å². The minimum absolute atomic E-state index is 0.125. The molecule has 0 atom stereocenters. The monoisotopic (exact) mass is 276 g/mol. The summed E-state index contributed by atoms with van der Waals surface area (Å²) < 4.78 is 80.5. The lowest BCUT2D eigenvalue weighted by Crippen LogP contribution is -2.56. The fourth-order valence-corrected chi connectivity index (χ4v) is 0.312. The highest BCUT2D eigenvalue weighted by Crippen LogP contribution is 2.46. The molecule has 0 radical (unpaired) electrons. The van der Waals surface area contributed by atoms with E-state index in [4.69, 9.17) is 15.3 Å². The molecule has 3 N–H and O–H groups in total. The van der Waals surface area contributed by atoms with Crippen molar-refractivity contribution < 1.29 is 50.8 Å². The molecule has 0 saturated carbocycles. The van der Waals surface area contributed by atoms with Crippen LogP contribution in [0.15, 0.2) is 0 Å². The number of halogens is 7. The predicted molar refractivity (Wildman–Crippen MR) is 37.8 cm³/mol. The number of alkyl halides is 7. The van der Waals surface area contributed by atoms with Gasteiger partial charge in [-0.15, -0.1) is 0 Å². The summed E-state index contributed by atoms with van der Waals surface area (Å²) in [6.07, 6.45) is -6.60. The highest BCUT2D eigenvalue weighted by molar-refractivity contribution is 5.76. The van der Waals surface area contributed by atoms with Crippen molar-refractivity contribution in [2.24, 2.45) is 0 Å². The topological polar surface area (TPSA) is 77.8 Å². The zero-order valence-corrected chi connectivity index (χ0v) is 7.81. The van der Waals surface area contributed by atoms with Crippen molar-refractivity contribution in [3.63, 3.8) is 0 Å². The van der Waals surface area contributed by atoms with Gasteiger partial charge in [0.15, 0.2) is 0 Å². The number of aliphatic carboxylic acids is 1. The van der Waals surface area contributed by atoms with Crippen molar-refractivity contribution in [2.45, 2.75) is 18.0 Å². The zero-order chi connectivity index (χ0) is 14.5. The second-order valence-electron chi connectivity index (χ2n) is 2.40. The van der Waals surface area contributed by atoms with Gasteiger partial charge >= 0.3 is 24.0 Å². The van der Waals surface area contributed by atoms with E-state index in [-0.39, 0.29) is 13.2 Å². The standard InChI is InChI=1S/C4HF7O2.C2H6O2/c5-2(6,1(12)13)3(7,8)4(9,10)11;3-1-2-4/h(H,12,13);3-4H,1-2H2. The second kappa shape index (κ2) is 6.00. The Labute approximate surface area is 89.3 Å². The Kier molecular flexibility index (Phi) is 6.45. The minimum Gasteiger partial charge on any atom is -0.477 e. The van der Waals surface area contributed by atoms with Crippen molar-refractivity contribution in [1.29, 1.82) is 0 Å². The lowest BCUT2D eigenvalue weighted by atomic mass is 10.1. The number of carboxylic acid groups (broad SMARTS) is 1. The first-order valence-electron chi connectivity index (χ1n) is 3.63. The lowest BCUT2D eigenvalue weighted by molar-refractivity contribution is -0.347. The zero-order valence-electron chi connectivity index (χ0n) is 7.81. The van der Waals surface area contributed by atoms with Crippen molar-refractivity contribution in [3.8, 4) is 0 Å². The highest BCUT2D eigenvalue weighted by atomic mass is 19.4. The molecule has 0 unspecified atom stereocenters. The van der Waals surface area contributed by atoms with Gasteiger partial charge < -0.3 is 15.3 Å². The largest absolute Gasteiger partial charge is 0.477 e. The number of carbonyl (C=O) groups is 1. The number of carboxylic acids is 1. The van der Waals surface area contributed by atoms with Crippen LogP contribution in [0.5, 0.6) is 0 Å². The molecule has 0 aromatic heterocycles. The van der Waals surface area contributed by atoms with E-state index in [1.54, 1.807) is 0 Å². The van der Waals surface area contributed by atoms with E-state index in [1.165, 1.54) is 0 Å². The van der Waals surface area contributed by atoms with Crippen molar-refractivity contribution in [2.75, 3.05) is 13.2 Å². The Hall–Kier alpha value is -1.10. The molecule has 11 heteroatoms. The fourth-order valence-electron chi connectivity index (χ4n) is 0.312. The van der Waals surface area contributed by atoms with Gasteiger partial charge in [-0.2, -0.15) is 30.7 Å². The van der Waals surface area contributed by atoms with Gasteiger partial charge in [-0.05, 0) is 0 Å². The van der Waals surface area contributed by atoms with Gasteiger partial charge in [0.25, 0.3) is 0 Å². The van der Waals surface area contributed by atoms with Gasteiger partial charge in [0.2, 0.25) is 0 Å². The van der Waals surface area contributed by atoms with E-state index in [2.05, 4.69) is 0 Å². The Morgan fingerprint density at radius 1 is 0.882 bits per heavy atom. The van der Waals surface area contributed by atoms with Crippen LogP contribution in [0.4, 0.5) is 30.7 Å². The summed E-state index contributed by atoms with van der Waals surface area (Å²) in [5.41, 5.74) is 0. The van der Waals surface area contributed by atoms with Crippen LogP contribution in [0.2, 0.25) is 0 Å². The van der Waals surface area contributed by atoms with Crippen LogP contribution < -0.4 is 0 Å². The van der Waals surface area contributed by atoms with Crippen LogP contribution in [-0.2, 0) is 4.79 Å². The normalized spacial score (nSPS) is 12.8. The number of hydrogen-bond acceptors (Lipinski definition) is 3. The molecule has 0 amide bonds. The maximum absolute atomic E-state index is 11.8. The summed E-state index contributed by atoms with van der Waals surface area (Å²) in [5.74, 6) is -16.3. The number of aliphatic hydroxyl groups excluding tert-OH is 2. The van der Waals surface area contributed by atoms with E-state index in [9.17, 15) is 35.5 Å². The molecular weight excluding hydrogens is 269 g/mol. The average molecular weight is 276 g/mol. The summed E-state index contributed by atoms with van der Waals surface area (Å²) in [4.78, 5) is 9.38. The molecule has 0 rings (SSSR count). The predicted octanol–water partition coefficient (Wildman–Crippen LogP) is 0.875. The van der Waals surface area contributed by atoms with Crippen molar-refractivity contribution >= 4 is 5.97 Å². The number of rotatable bonds is 3. The summed E-state index contributed by atoms with van der Waals surface area (Å²) in [7, 11) is 0. The third-order valence-corrected chi connectivity index (χ3v) is 1.12. The SMILES string of the molecule is O=C(O)C(F)(F)C(F)(F)C(F)(F)F.OCCO. The van der Waals surface area contributed by atoms with E-state index >= 15 is 0 Å². The van der Waals surface area contributed by atoms with E-state index in [1.807, 2.05) is 0 Å². The molecule has 104 valence electrons. The first-order chi connectivity index (χ1) is 7.36. The maximum atomic E-state index is 11.8. The molecule has 17 heavy (non-hydrogen) atoms. The average Bonchev–Trinajstić information content (AvgIpc) is 2.16. The second-order valence-corrected chi connectivity index (χ2v) is 2.40. The van der Waals surface area contributed by atoms with E-state index in [0.717, 1.165) is 0 Å². The molecular formula is C6H7F7O4. The molecule has 0 aliphatic carbocycles. The van der Waals surface area contributed by atoms with Crippen LogP contribution in [-0.4, -0.2) is 52.5 Å². The minimum atomic E-state index is -6.60. The van der Waals surface area contributed by atoms with Gasteiger partial charge in [-0.25, -0.2) is 4.79 Å². The van der Waals surface area contributed by atoms with Crippen molar-refractivity contribution in [1.82, 2.24) is 0 Å². The molecule has 0 aliphatic heterocycles. The quantitative estimate of drug-likeness (QED) is 0.668. The van der Waals surface area contributed by atoms with Crippen LogP contribution in [0.3, 0.4) is 0 Å². The third kappa shape index (κ3) is 4.34. The van der Waals surface area contributed by atoms with Crippen LogP contribution in [0.1, 0.15) is 0 Å². The Bertz CT molecular complexity index is 247. The summed E-state index contributed by atoms with van der Waals surface area (Å²) in [5, 5.41) is 22.7. The van der Waals surface area contributed by atoms with Gasteiger partial charge in [-0.3, -0.25) is 0 Å². The lowest BCUT2D eigenvalue weighted by Gasteiger charge is -2.24. The van der Waals surface area contributed by atoms with Crippen LogP contribution in [0, 0.1) is 0 Å². The molecule has 0 bridgehead atoms. The van der Waals surface area contributed by atoms with Crippen molar-refractivity contribution in [3.05, 3.63) is 0 Å². The Morgan fingerprint density at radius 2 is 1.18 bits per heavy atom. The summed E-state index contributed by atoms with van der Waals surface area (Å²) in [6, 6.07) is 0. The smallest absolute Gasteiger partial charge is 0.460 e. The van der Waals surface area contributed by atoms with Crippen LogP contribution >= 0.6 is 0 Å². The molecule has 0 spiro atoms. The summed E-state index contributed by atoms with van der Waals surface area (Å²) in [6.45, 7) is -0.250. The Balaban J connectivity index is 0. The molecule has 0 fully saturated rings. The third-order valence-electron chi connectivity index (χ3n) is 1.12. The van der Waals surface area contributed by atoms with Gasteiger partial charge in [0, 0.05) is 0 Å². The molecule has 0 saturated heterocycles. The molecule has 0 heterocycles.